The molecule has 0 saturated carbocycles. The van der Waals surface area contributed by atoms with Crippen molar-refractivity contribution >= 4 is 17.8 Å². The van der Waals surface area contributed by atoms with Gasteiger partial charge in [-0.1, -0.05) is 0 Å². The molecule has 8 nitrogen and oxygen atoms in total. The molecule has 3 heterocycles. The van der Waals surface area contributed by atoms with Crippen LogP contribution in [0, 0.1) is 0 Å². The molecule has 1 aromatic rings. The van der Waals surface area contributed by atoms with Gasteiger partial charge in [0.1, 0.15) is 5.54 Å². The number of likely N-dealkylation sites (tertiary alicyclic amines) is 1. The minimum Gasteiger partial charge on any atom is -0.454 e. The predicted octanol–water partition coefficient (Wildman–Crippen LogP) is 0.572. The number of urea groups is 1. The van der Waals surface area contributed by atoms with Crippen molar-refractivity contribution in [3.63, 3.8) is 0 Å². The van der Waals surface area contributed by atoms with Crippen molar-refractivity contribution in [1.82, 2.24) is 15.1 Å². The quantitative estimate of drug-likeness (QED) is 0.760. The zero-order valence-electron chi connectivity index (χ0n) is 13.2. The third kappa shape index (κ3) is 2.10. The summed E-state index contributed by atoms with van der Waals surface area (Å²) < 4.78 is 10.5. The number of amides is 4. The molecule has 0 bridgehead atoms. The molecule has 126 valence electrons. The molecular weight excluding hydrogens is 314 g/mol. The van der Waals surface area contributed by atoms with E-state index in [1.54, 1.807) is 23.1 Å². The number of hydrogen-bond donors (Lipinski definition) is 1. The van der Waals surface area contributed by atoms with Crippen LogP contribution in [0.4, 0.5) is 4.79 Å². The fourth-order valence-electron chi connectivity index (χ4n) is 3.40. The Hall–Kier alpha value is -2.77. The number of carbonyl (C=O) groups excluding carboxylic acids is 3. The van der Waals surface area contributed by atoms with Crippen molar-refractivity contribution in [3.8, 4) is 11.5 Å². The molecule has 0 aromatic heterocycles. The zero-order chi connectivity index (χ0) is 16.9. The Balaban J connectivity index is 1.47. The second-order valence-electron chi connectivity index (χ2n) is 6.24. The van der Waals surface area contributed by atoms with Crippen LogP contribution < -0.4 is 14.8 Å². The van der Waals surface area contributed by atoms with E-state index < -0.39 is 5.54 Å². The summed E-state index contributed by atoms with van der Waals surface area (Å²) in [5.74, 6) is 0.858. The van der Waals surface area contributed by atoms with Gasteiger partial charge in [0.25, 0.3) is 11.8 Å². The van der Waals surface area contributed by atoms with Crippen molar-refractivity contribution in [3.05, 3.63) is 23.8 Å². The molecule has 0 aliphatic carbocycles. The number of benzene rings is 1. The summed E-state index contributed by atoms with van der Waals surface area (Å²) in [4.78, 5) is 39.4. The lowest BCUT2D eigenvalue weighted by Gasteiger charge is -2.37. The summed E-state index contributed by atoms with van der Waals surface area (Å²) in [5.41, 5.74) is -0.341. The van der Waals surface area contributed by atoms with Crippen LogP contribution in [-0.4, -0.2) is 60.1 Å². The number of nitrogens with zero attached hydrogens (tertiary/aromatic N) is 2. The van der Waals surface area contributed by atoms with Crippen LogP contribution in [0.15, 0.2) is 18.2 Å². The van der Waals surface area contributed by atoms with Crippen molar-refractivity contribution < 1.29 is 23.9 Å². The maximum Gasteiger partial charge on any atom is 0.324 e. The number of fused-ring (bicyclic) bond motifs is 1. The fraction of sp³-hybridized carbons (Fsp3) is 0.438. The Morgan fingerprint density at radius 2 is 1.88 bits per heavy atom. The van der Waals surface area contributed by atoms with Crippen molar-refractivity contribution in [2.24, 2.45) is 0 Å². The first-order valence-corrected chi connectivity index (χ1v) is 7.79. The van der Waals surface area contributed by atoms with E-state index in [-0.39, 0.29) is 24.6 Å². The van der Waals surface area contributed by atoms with Gasteiger partial charge >= 0.3 is 6.03 Å². The monoisotopic (exact) mass is 331 g/mol. The molecule has 2 saturated heterocycles. The summed E-state index contributed by atoms with van der Waals surface area (Å²) in [6, 6.07) is 4.72. The van der Waals surface area contributed by atoms with Gasteiger partial charge in [-0.3, -0.25) is 14.5 Å². The molecule has 4 amide bonds. The van der Waals surface area contributed by atoms with E-state index in [1.165, 1.54) is 7.05 Å². The van der Waals surface area contributed by atoms with E-state index in [0.717, 1.165) is 4.90 Å². The van der Waals surface area contributed by atoms with Gasteiger partial charge in [0, 0.05) is 25.7 Å². The van der Waals surface area contributed by atoms with Crippen LogP contribution in [0.5, 0.6) is 11.5 Å². The highest BCUT2D eigenvalue weighted by molar-refractivity contribution is 6.07. The van der Waals surface area contributed by atoms with E-state index in [2.05, 4.69) is 5.32 Å². The van der Waals surface area contributed by atoms with Gasteiger partial charge < -0.3 is 19.7 Å². The molecule has 4 rings (SSSR count). The van der Waals surface area contributed by atoms with Crippen LogP contribution in [0.25, 0.3) is 0 Å². The second-order valence-corrected chi connectivity index (χ2v) is 6.24. The lowest BCUT2D eigenvalue weighted by Crippen LogP contribution is -2.55. The van der Waals surface area contributed by atoms with Gasteiger partial charge in [-0.25, -0.2) is 4.79 Å². The number of nitrogens with one attached hydrogen (secondary N) is 1. The lowest BCUT2D eigenvalue weighted by atomic mass is 9.87. The second kappa shape index (κ2) is 5.12. The summed E-state index contributed by atoms with van der Waals surface area (Å²) in [7, 11) is 1.47. The Labute approximate surface area is 138 Å². The molecule has 2 fully saturated rings. The van der Waals surface area contributed by atoms with Crippen LogP contribution in [0.3, 0.4) is 0 Å². The fourth-order valence-corrected chi connectivity index (χ4v) is 3.40. The minimum atomic E-state index is -0.864. The standard InChI is InChI=1S/C16H17N3O5/c1-18-14(21)16(17-15(18)22)4-6-19(7-5-16)13(20)10-2-3-11-12(8-10)24-9-23-11/h2-3,8H,4-7,9H2,1H3,(H,17,22). The number of ether oxygens (including phenoxy) is 2. The maximum absolute atomic E-state index is 12.7. The van der Waals surface area contributed by atoms with Crippen molar-refractivity contribution in [2.75, 3.05) is 26.9 Å². The molecule has 0 atom stereocenters. The van der Waals surface area contributed by atoms with Gasteiger partial charge in [-0.15, -0.1) is 0 Å². The number of likely N-dealkylation sites (N-methyl/N-ethyl adjacent to an activating group) is 1. The minimum absolute atomic E-state index is 0.117. The highest BCUT2D eigenvalue weighted by atomic mass is 16.7. The van der Waals surface area contributed by atoms with Crippen LogP contribution in [0.2, 0.25) is 0 Å². The van der Waals surface area contributed by atoms with E-state index in [0.29, 0.717) is 43.0 Å². The first-order chi connectivity index (χ1) is 11.5. The van der Waals surface area contributed by atoms with Gasteiger partial charge in [0.05, 0.1) is 0 Å². The largest absolute Gasteiger partial charge is 0.454 e. The highest BCUT2D eigenvalue weighted by Gasteiger charge is 2.51. The molecule has 1 N–H and O–H groups in total. The van der Waals surface area contributed by atoms with Gasteiger partial charge in [-0.05, 0) is 31.0 Å². The third-order valence-corrected chi connectivity index (χ3v) is 4.89. The molecule has 1 aromatic carbocycles. The average molecular weight is 331 g/mol. The first kappa shape index (κ1) is 14.8. The highest BCUT2D eigenvalue weighted by Crippen LogP contribution is 2.34. The molecule has 8 heteroatoms. The molecule has 0 radical (unpaired) electrons. The number of piperidine rings is 1. The SMILES string of the molecule is CN1C(=O)NC2(CCN(C(=O)c3ccc4c(c3)OCO4)CC2)C1=O. The molecular formula is C16H17N3O5. The number of carbonyl (C=O) groups is 3. The zero-order valence-corrected chi connectivity index (χ0v) is 13.2. The Morgan fingerprint density at radius 1 is 1.17 bits per heavy atom. The molecule has 3 aliphatic rings. The molecule has 24 heavy (non-hydrogen) atoms. The summed E-state index contributed by atoms with van der Waals surface area (Å²) in [6.07, 6.45) is 0.830. The van der Waals surface area contributed by atoms with Crippen molar-refractivity contribution in [1.29, 1.82) is 0 Å². The van der Waals surface area contributed by atoms with E-state index in [1.807, 2.05) is 0 Å². The van der Waals surface area contributed by atoms with Gasteiger partial charge in [-0.2, -0.15) is 0 Å². The summed E-state index contributed by atoms with van der Waals surface area (Å²) in [5, 5.41) is 2.76. The average Bonchev–Trinajstić information content (AvgIpc) is 3.14. The van der Waals surface area contributed by atoms with Crippen molar-refractivity contribution in [2.45, 2.75) is 18.4 Å². The third-order valence-electron chi connectivity index (χ3n) is 4.89. The van der Waals surface area contributed by atoms with E-state index in [4.69, 9.17) is 9.47 Å². The Kier molecular flexibility index (Phi) is 3.16. The van der Waals surface area contributed by atoms with Crippen LogP contribution in [0.1, 0.15) is 23.2 Å². The number of imide groups is 1. The van der Waals surface area contributed by atoms with Gasteiger partial charge in [0.15, 0.2) is 11.5 Å². The lowest BCUT2D eigenvalue weighted by molar-refractivity contribution is -0.131. The first-order valence-electron chi connectivity index (χ1n) is 7.79. The van der Waals surface area contributed by atoms with Gasteiger partial charge in [0.2, 0.25) is 6.79 Å². The summed E-state index contributed by atoms with van der Waals surface area (Å²) in [6.45, 7) is 0.981. The maximum atomic E-state index is 12.7. The normalized spacial score (nSPS) is 21.4. The number of rotatable bonds is 1. The molecule has 1 spiro atoms. The Morgan fingerprint density at radius 3 is 2.54 bits per heavy atom. The van der Waals surface area contributed by atoms with E-state index >= 15 is 0 Å². The topological polar surface area (TPSA) is 88.2 Å². The van der Waals surface area contributed by atoms with Crippen LogP contribution in [-0.2, 0) is 4.79 Å². The molecule has 3 aliphatic heterocycles. The summed E-state index contributed by atoms with van der Waals surface area (Å²) >= 11 is 0. The smallest absolute Gasteiger partial charge is 0.324 e. The predicted molar refractivity (Wildman–Crippen MR) is 81.7 cm³/mol. The molecule has 0 unspecified atom stereocenters. The van der Waals surface area contributed by atoms with E-state index in [9.17, 15) is 14.4 Å². The van der Waals surface area contributed by atoms with Crippen LogP contribution >= 0.6 is 0 Å². The Bertz CT molecular complexity index is 739. The number of hydrogen-bond acceptors (Lipinski definition) is 5.